The average molecular weight is 207 g/mol. The Morgan fingerprint density at radius 2 is 2.13 bits per heavy atom. The van der Waals surface area contributed by atoms with Gasteiger partial charge in [0.1, 0.15) is 5.82 Å². The molecule has 0 saturated heterocycles. The van der Waals surface area contributed by atoms with Gasteiger partial charge in [-0.25, -0.2) is 4.39 Å². The zero-order valence-electron chi connectivity index (χ0n) is 8.96. The average Bonchev–Trinajstić information content (AvgIpc) is 2.99. The van der Waals surface area contributed by atoms with Crippen molar-refractivity contribution in [3.63, 3.8) is 0 Å². The number of halogens is 1. The summed E-state index contributed by atoms with van der Waals surface area (Å²) in [6, 6.07) is 4.64. The van der Waals surface area contributed by atoms with Gasteiger partial charge in [-0.15, -0.1) is 0 Å². The third-order valence-corrected chi connectivity index (χ3v) is 2.84. The second-order valence-electron chi connectivity index (χ2n) is 4.06. The summed E-state index contributed by atoms with van der Waals surface area (Å²) in [5.41, 5.74) is 1.80. The van der Waals surface area contributed by atoms with Gasteiger partial charge in [-0.2, -0.15) is 0 Å². The van der Waals surface area contributed by atoms with Gasteiger partial charge in [0.05, 0.1) is 0 Å². The van der Waals surface area contributed by atoms with Crippen molar-refractivity contribution >= 4 is 11.6 Å². The molecule has 2 rings (SSSR count). The number of carbonyl (C=O) groups excluding carboxylic acids is 1. The molecule has 1 aliphatic rings. The van der Waals surface area contributed by atoms with Gasteiger partial charge >= 0.3 is 0 Å². The maximum Gasteiger partial charge on any atom is 0.223 e. The van der Waals surface area contributed by atoms with Crippen LogP contribution in [0.25, 0.3) is 0 Å². The van der Waals surface area contributed by atoms with E-state index < -0.39 is 0 Å². The Labute approximate surface area is 88.7 Å². The molecule has 1 fully saturated rings. The molecule has 3 heteroatoms. The van der Waals surface area contributed by atoms with Crippen LogP contribution in [0.4, 0.5) is 10.1 Å². The van der Waals surface area contributed by atoms with E-state index >= 15 is 0 Å². The lowest BCUT2D eigenvalue weighted by atomic mass is 10.1. The highest BCUT2D eigenvalue weighted by Crippen LogP contribution is 2.44. The summed E-state index contributed by atoms with van der Waals surface area (Å²) in [5, 5.41) is 0. The van der Waals surface area contributed by atoms with E-state index in [9.17, 15) is 9.18 Å². The molecule has 0 unspecified atom stereocenters. The monoisotopic (exact) mass is 207 g/mol. The first-order valence-electron chi connectivity index (χ1n) is 5.13. The molecule has 0 heterocycles. The minimum Gasteiger partial charge on any atom is -0.315 e. The minimum absolute atomic E-state index is 0.0245. The first-order chi connectivity index (χ1) is 7.09. The van der Waals surface area contributed by atoms with E-state index in [2.05, 4.69) is 0 Å². The number of anilines is 1. The Balaban J connectivity index is 2.40. The van der Waals surface area contributed by atoms with E-state index in [1.54, 1.807) is 24.1 Å². The maximum atomic E-state index is 13.1. The third-order valence-electron chi connectivity index (χ3n) is 2.84. The molecule has 1 aromatic rings. The molecule has 1 aromatic carbocycles. The molecule has 0 radical (unpaired) electrons. The molecular weight excluding hydrogens is 193 g/mol. The summed E-state index contributed by atoms with van der Waals surface area (Å²) < 4.78 is 13.1. The fourth-order valence-electron chi connectivity index (χ4n) is 1.72. The number of hydrogen-bond acceptors (Lipinski definition) is 1. The molecule has 1 aliphatic carbocycles. The topological polar surface area (TPSA) is 20.3 Å². The second kappa shape index (κ2) is 3.65. The highest BCUT2D eigenvalue weighted by molar-refractivity contribution is 5.91. The van der Waals surface area contributed by atoms with Gasteiger partial charge in [0.15, 0.2) is 0 Å². The molecule has 0 aromatic heterocycles. The van der Waals surface area contributed by atoms with E-state index in [0.717, 1.165) is 24.1 Å². The molecule has 0 aliphatic heterocycles. The van der Waals surface area contributed by atoms with Crippen LogP contribution in [-0.2, 0) is 4.79 Å². The normalized spacial score (nSPS) is 15.1. The number of benzene rings is 1. The van der Waals surface area contributed by atoms with Crippen LogP contribution >= 0.6 is 0 Å². The molecule has 0 atom stereocenters. The first kappa shape index (κ1) is 10.1. The van der Waals surface area contributed by atoms with Crippen LogP contribution < -0.4 is 4.90 Å². The van der Waals surface area contributed by atoms with Gasteiger partial charge in [0, 0.05) is 19.7 Å². The largest absolute Gasteiger partial charge is 0.315 e. The molecular formula is C12H14FNO. The quantitative estimate of drug-likeness (QED) is 0.730. The summed E-state index contributed by atoms with van der Waals surface area (Å²) in [5.74, 6) is 0.193. The van der Waals surface area contributed by atoms with E-state index in [-0.39, 0.29) is 11.7 Å². The maximum absolute atomic E-state index is 13.1. The second-order valence-corrected chi connectivity index (χ2v) is 4.06. The molecule has 1 amide bonds. The Morgan fingerprint density at radius 3 is 2.67 bits per heavy atom. The van der Waals surface area contributed by atoms with E-state index in [4.69, 9.17) is 0 Å². The van der Waals surface area contributed by atoms with Gasteiger partial charge in [0.25, 0.3) is 0 Å². The van der Waals surface area contributed by atoms with Crippen molar-refractivity contribution in [1.82, 2.24) is 0 Å². The predicted molar refractivity (Wildman–Crippen MR) is 57.5 cm³/mol. The van der Waals surface area contributed by atoms with Gasteiger partial charge in [-0.05, 0) is 42.5 Å². The zero-order chi connectivity index (χ0) is 11.0. The molecule has 0 N–H and O–H groups in total. The van der Waals surface area contributed by atoms with Crippen LogP contribution in [0, 0.1) is 5.82 Å². The minimum atomic E-state index is -0.224. The van der Waals surface area contributed by atoms with Crippen LogP contribution in [0.15, 0.2) is 18.2 Å². The van der Waals surface area contributed by atoms with E-state index in [0.29, 0.717) is 5.92 Å². The fourth-order valence-corrected chi connectivity index (χ4v) is 1.72. The first-order valence-corrected chi connectivity index (χ1v) is 5.13. The van der Waals surface area contributed by atoms with Crippen molar-refractivity contribution in [3.8, 4) is 0 Å². The summed E-state index contributed by atoms with van der Waals surface area (Å²) in [7, 11) is 1.72. The van der Waals surface area contributed by atoms with Crippen LogP contribution in [0.3, 0.4) is 0 Å². The zero-order valence-corrected chi connectivity index (χ0v) is 8.96. The molecule has 1 saturated carbocycles. The number of carbonyl (C=O) groups is 1. The number of hydrogen-bond donors (Lipinski definition) is 0. The molecule has 2 nitrogen and oxygen atoms in total. The number of nitrogens with zero attached hydrogens (tertiary/aromatic N) is 1. The molecule has 15 heavy (non-hydrogen) atoms. The van der Waals surface area contributed by atoms with Gasteiger partial charge in [0.2, 0.25) is 5.91 Å². The fraction of sp³-hybridized carbons (Fsp3) is 0.417. The van der Waals surface area contributed by atoms with Crippen molar-refractivity contribution in [2.75, 3.05) is 11.9 Å². The lowest BCUT2D eigenvalue weighted by Gasteiger charge is -2.19. The Hall–Kier alpha value is -1.38. The standard InChI is InChI=1S/C12H14FNO/c1-8(15)14(2)12-6-5-10(13)7-11(12)9-3-4-9/h5-7,9H,3-4H2,1-2H3. The SMILES string of the molecule is CC(=O)N(C)c1ccc(F)cc1C1CC1. The van der Waals surface area contributed by atoms with Crippen molar-refractivity contribution < 1.29 is 9.18 Å². The Morgan fingerprint density at radius 1 is 1.47 bits per heavy atom. The van der Waals surface area contributed by atoms with Crippen molar-refractivity contribution in [3.05, 3.63) is 29.6 Å². The Kier molecular flexibility index (Phi) is 2.47. The van der Waals surface area contributed by atoms with Gasteiger partial charge < -0.3 is 4.90 Å². The van der Waals surface area contributed by atoms with Crippen molar-refractivity contribution in [2.24, 2.45) is 0 Å². The molecule has 80 valence electrons. The van der Waals surface area contributed by atoms with Crippen LogP contribution in [0.2, 0.25) is 0 Å². The summed E-state index contributed by atoms with van der Waals surface area (Å²) >= 11 is 0. The van der Waals surface area contributed by atoms with Crippen molar-refractivity contribution in [1.29, 1.82) is 0 Å². The van der Waals surface area contributed by atoms with Crippen LogP contribution in [0.5, 0.6) is 0 Å². The summed E-state index contributed by atoms with van der Waals surface area (Å²) in [6.45, 7) is 1.51. The van der Waals surface area contributed by atoms with E-state index in [1.165, 1.54) is 13.0 Å². The lowest BCUT2D eigenvalue weighted by molar-refractivity contribution is -0.116. The smallest absolute Gasteiger partial charge is 0.223 e. The predicted octanol–water partition coefficient (Wildman–Crippen LogP) is 2.69. The summed E-state index contributed by atoms with van der Waals surface area (Å²) in [6.07, 6.45) is 2.20. The molecule has 0 spiro atoms. The van der Waals surface area contributed by atoms with Crippen LogP contribution in [-0.4, -0.2) is 13.0 Å². The third kappa shape index (κ3) is 2.01. The number of amides is 1. The highest BCUT2D eigenvalue weighted by atomic mass is 19.1. The highest BCUT2D eigenvalue weighted by Gasteiger charge is 2.28. The van der Waals surface area contributed by atoms with E-state index in [1.807, 2.05) is 0 Å². The number of rotatable bonds is 2. The van der Waals surface area contributed by atoms with Gasteiger partial charge in [-0.1, -0.05) is 0 Å². The Bertz CT molecular complexity index is 399. The van der Waals surface area contributed by atoms with Gasteiger partial charge in [-0.3, -0.25) is 4.79 Å². The van der Waals surface area contributed by atoms with Crippen LogP contribution in [0.1, 0.15) is 31.2 Å². The molecule has 0 bridgehead atoms. The summed E-state index contributed by atoms with van der Waals surface area (Å²) in [4.78, 5) is 12.8. The van der Waals surface area contributed by atoms with Crippen molar-refractivity contribution in [2.45, 2.75) is 25.7 Å². The lowest BCUT2D eigenvalue weighted by Crippen LogP contribution is -2.24.